The van der Waals surface area contributed by atoms with Crippen LogP contribution in [0.15, 0.2) is 18.3 Å². The molecule has 1 amide bonds. The molecule has 0 saturated carbocycles. The van der Waals surface area contributed by atoms with Crippen molar-refractivity contribution >= 4 is 12.4 Å². The Morgan fingerprint density at radius 1 is 1.36 bits per heavy atom. The fourth-order valence-electron chi connectivity index (χ4n) is 2.80. The van der Waals surface area contributed by atoms with E-state index in [1.807, 2.05) is 26.0 Å². The molecule has 2 aromatic rings. The maximum absolute atomic E-state index is 11.9. The van der Waals surface area contributed by atoms with Crippen molar-refractivity contribution in [2.24, 2.45) is 0 Å². The number of hydrogen-bond acceptors (Lipinski definition) is 6. The molecule has 2 aromatic heterocycles. The van der Waals surface area contributed by atoms with Gasteiger partial charge in [0.2, 0.25) is 0 Å². The van der Waals surface area contributed by atoms with Crippen LogP contribution in [0.2, 0.25) is 0 Å². The topological polar surface area (TPSA) is 95.3 Å². The normalized spacial score (nSPS) is 11.4. The van der Waals surface area contributed by atoms with E-state index in [4.69, 9.17) is 9.47 Å². The molecule has 0 fully saturated rings. The highest BCUT2D eigenvalue weighted by atomic mass is 16.6. The van der Waals surface area contributed by atoms with E-state index in [2.05, 4.69) is 15.3 Å². The Labute approximate surface area is 165 Å². The number of ether oxygens (including phenoxy) is 2. The van der Waals surface area contributed by atoms with Crippen LogP contribution >= 0.6 is 0 Å². The molecule has 0 unspecified atom stereocenters. The van der Waals surface area contributed by atoms with Crippen LogP contribution in [-0.2, 0) is 11.3 Å². The van der Waals surface area contributed by atoms with Crippen molar-refractivity contribution in [2.75, 3.05) is 13.7 Å². The van der Waals surface area contributed by atoms with Gasteiger partial charge in [-0.2, -0.15) is 4.98 Å². The summed E-state index contributed by atoms with van der Waals surface area (Å²) in [6.45, 7) is 10.0. The smallest absolute Gasteiger partial charge is 0.407 e. The van der Waals surface area contributed by atoms with E-state index in [0.29, 0.717) is 23.9 Å². The van der Waals surface area contributed by atoms with E-state index in [-0.39, 0.29) is 12.5 Å². The van der Waals surface area contributed by atoms with E-state index in [9.17, 15) is 9.59 Å². The highest BCUT2D eigenvalue weighted by Crippen LogP contribution is 2.31. The van der Waals surface area contributed by atoms with Gasteiger partial charge in [-0.15, -0.1) is 0 Å². The summed E-state index contributed by atoms with van der Waals surface area (Å²) in [6, 6.07) is 3.99. The number of amides is 1. The minimum absolute atomic E-state index is 0.167. The fourth-order valence-corrected chi connectivity index (χ4v) is 2.80. The number of nitrogens with zero attached hydrogens (tertiary/aromatic N) is 3. The third kappa shape index (κ3) is 5.09. The molecule has 0 radical (unpaired) electrons. The first-order valence-corrected chi connectivity index (χ1v) is 9.19. The average molecular weight is 388 g/mol. The van der Waals surface area contributed by atoms with Gasteiger partial charge in [-0.3, -0.25) is 14.3 Å². The molecular formula is C20H28N4O4. The predicted octanol–water partition coefficient (Wildman–Crippen LogP) is 3.41. The molecule has 0 aliphatic rings. The van der Waals surface area contributed by atoms with Crippen LogP contribution in [0.4, 0.5) is 4.79 Å². The van der Waals surface area contributed by atoms with Gasteiger partial charge in [-0.1, -0.05) is 13.8 Å². The van der Waals surface area contributed by atoms with Crippen molar-refractivity contribution in [2.45, 2.75) is 52.7 Å². The zero-order valence-corrected chi connectivity index (χ0v) is 17.3. The van der Waals surface area contributed by atoms with Crippen molar-refractivity contribution < 1.29 is 19.1 Å². The molecule has 8 heteroatoms. The molecule has 0 bridgehead atoms. The monoisotopic (exact) mass is 388 g/mol. The van der Waals surface area contributed by atoms with Gasteiger partial charge in [0.05, 0.1) is 12.8 Å². The second-order valence-electron chi connectivity index (χ2n) is 7.62. The SMILES string of the molecule is COc1nc(-c2cccnc2C(C)C)c(C=O)n1CCNC(=O)OC(C)(C)C. The molecule has 0 atom stereocenters. The largest absolute Gasteiger partial charge is 0.468 e. The van der Waals surface area contributed by atoms with Gasteiger partial charge < -0.3 is 14.8 Å². The number of aromatic nitrogens is 3. The highest BCUT2D eigenvalue weighted by Gasteiger charge is 2.22. The molecule has 2 rings (SSSR count). The average Bonchev–Trinajstić information content (AvgIpc) is 2.97. The van der Waals surface area contributed by atoms with E-state index in [1.165, 1.54) is 7.11 Å². The Hall–Kier alpha value is -2.90. The van der Waals surface area contributed by atoms with Crippen LogP contribution in [0.1, 0.15) is 56.7 Å². The first kappa shape index (κ1) is 21.4. The van der Waals surface area contributed by atoms with Gasteiger partial charge in [0.1, 0.15) is 17.0 Å². The Morgan fingerprint density at radius 3 is 2.64 bits per heavy atom. The molecule has 0 aliphatic carbocycles. The zero-order chi connectivity index (χ0) is 20.9. The maximum Gasteiger partial charge on any atom is 0.407 e. The lowest BCUT2D eigenvalue weighted by Crippen LogP contribution is -2.34. The van der Waals surface area contributed by atoms with E-state index in [0.717, 1.165) is 17.5 Å². The van der Waals surface area contributed by atoms with Crippen LogP contribution in [0.25, 0.3) is 11.3 Å². The lowest BCUT2D eigenvalue weighted by atomic mass is 10.0. The Morgan fingerprint density at radius 2 is 2.07 bits per heavy atom. The summed E-state index contributed by atoms with van der Waals surface area (Å²) >= 11 is 0. The first-order valence-electron chi connectivity index (χ1n) is 9.19. The molecule has 0 aromatic carbocycles. The van der Waals surface area contributed by atoms with Crippen molar-refractivity contribution in [3.05, 3.63) is 29.7 Å². The molecule has 0 spiro atoms. The number of rotatable bonds is 7. The number of aldehydes is 1. The first-order chi connectivity index (χ1) is 13.2. The summed E-state index contributed by atoms with van der Waals surface area (Å²) in [5.41, 5.74) is 1.95. The number of hydrogen-bond donors (Lipinski definition) is 1. The van der Waals surface area contributed by atoms with Crippen molar-refractivity contribution in [1.29, 1.82) is 0 Å². The molecule has 8 nitrogen and oxygen atoms in total. The summed E-state index contributed by atoms with van der Waals surface area (Å²) in [6.07, 6.45) is 1.95. The third-order valence-corrected chi connectivity index (χ3v) is 3.91. The Bertz CT molecular complexity index is 837. The molecule has 28 heavy (non-hydrogen) atoms. The zero-order valence-electron chi connectivity index (χ0n) is 17.3. The standard InChI is InChI=1S/C20H28N4O4/c1-13(2)16-14(8-7-9-21-16)17-15(12-25)24(18(23-17)27-6)11-10-22-19(26)28-20(3,4)5/h7-9,12-13H,10-11H2,1-6H3,(H,22,26). The number of carbonyl (C=O) groups excluding carboxylic acids is 2. The Balaban J connectivity index is 2.30. The number of carbonyl (C=O) groups is 2. The van der Waals surface area contributed by atoms with Crippen LogP contribution in [0.3, 0.4) is 0 Å². The van der Waals surface area contributed by atoms with Crippen LogP contribution in [0.5, 0.6) is 6.01 Å². The predicted molar refractivity (Wildman–Crippen MR) is 106 cm³/mol. The number of nitrogens with one attached hydrogen (secondary N) is 1. The van der Waals surface area contributed by atoms with E-state index in [1.54, 1.807) is 31.5 Å². The number of pyridine rings is 1. The van der Waals surface area contributed by atoms with E-state index < -0.39 is 11.7 Å². The molecule has 152 valence electrons. The maximum atomic E-state index is 11.9. The third-order valence-electron chi connectivity index (χ3n) is 3.91. The fraction of sp³-hybridized carbons (Fsp3) is 0.500. The molecule has 0 saturated heterocycles. The lowest BCUT2D eigenvalue weighted by Gasteiger charge is -2.19. The van der Waals surface area contributed by atoms with Gasteiger partial charge in [-0.25, -0.2) is 4.79 Å². The van der Waals surface area contributed by atoms with Gasteiger partial charge in [0.15, 0.2) is 6.29 Å². The Kier molecular flexibility index (Phi) is 6.77. The number of imidazole rings is 1. The number of alkyl carbamates (subject to hydrolysis) is 1. The van der Waals surface area contributed by atoms with Gasteiger partial charge in [0, 0.05) is 24.8 Å². The van der Waals surface area contributed by atoms with Gasteiger partial charge in [0.25, 0.3) is 6.01 Å². The second kappa shape index (κ2) is 8.86. The summed E-state index contributed by atoms with van der Waals surface area (Å²) in [5.74, 6) is 0.167. The van der Waals surface area contributed by atoms with Crippen LogP contribution < -0.4 is 10.1 Å². The molecule has 2 heterocycles. The van der Waals surface area contributed by atoms with E-state index >= 15 is 0 Å². The molecular weight excluding hydrogens is 360 g/mol. The summed E-state index contributed by atoms with van der Waals surface area (Å²) in [4.78, 5) is 32.6. The minimum atomic E-state index is -0.578. The van der Waals surface area contributed by atoms with Gasteiger partial charge >= 0.3 is 6.09 Å². The summed E-state index contributed by atoms with van der Waals surface area (Å²) < 4.78 is 12.2. The second-order valence-corrected chi connectivity index (χ2v) is 7.62. The summed E-state index contributed by atoms with van der Waals surface area (Å²) in [5, 5.41) is 2.68. The highest BCUT2D eigenvalue weighted by molar-refractivity contribution is 5.85. The quantitative estimate of drug-likeness (QED) is 0.730. The molecule has 1 N–H and O–H groups in total. The minimum Gasteiger partial charge on any atom is -0.468 e. The van der Waals surface area contributed by atoms with Crippen LogP contribution in [-0.4, -0.2) is 46.2 Å². The van der Waals surface area contributed by atoms with Gasteiger partial charge in [-0.05, 0) is 38.8 Å². The van der Waals surface area contributed by atoms with Crippen LogP contribution in [0, 0.1) is 0 Å². The van der Waals surface area contributed by atoms with Crippen molar-refractivity contribution in [3.63, 3.8) is 0 Å². The molecule has 0 aliphatic heterocycles. The lowest BCUT2D eigenvalue weighted by molar-refractivity contribution is 0.0525. The number of methoxy groups -OCH3 is 1. The van der Waals surface area contributed by atoms with Crippen molar-refractivity contribution in [1.82, 2.24) is 19.9 Å². The summed E-state index contributed by atoms with van der Waals surface area (Å²) in [7, 11) is 1.49. The van der Waals surface area contributed by atoms with Crippen molar-refractivity contribution in [3.8, 4) is 17.3 Å².